The number of nitrogens with zero attached hydrogens (tertiary/aromatic N) is 1. The molecular formula is C15H23FN2. The second kappa shape index (κ2) is 5.81. The molecule has 0 spiro atoms. The van der Waals surface area contributed by atoms with Gasteiger partial charge in [0, 0.05) is 36.8 Å². The van der Waals surface area contributed by atoms with E-state index < -0.39 is 0 Å². The lowest BCUT2D eigenvalue weighted by atomic mass is 9.99. The molecule has 3 unspecified atom stereocenters. The lowest BCUT2D eigenvalue weighted by Crippen LogP contribution is -2.55. The molecule has 1 fully saturated rings. The molecule has 1 N–H and O–H groups in total. The van der Waals surface area contributed by atoms with Gasteiger partial charge in [-0.05, 0) is 26.3 Å². The Morgan fingerprint density at radius 1 is 1.28 bits per heavy atom. The molecule has 1 aromatic rings. The van der Waals surface area contributed by atoms with E-state index in [2.05, 4.69) is 31.0 Å². The Morgan fingerprint density at radius 2 is 1.89 bits per heavy atom. The zero-order valence-corrected chi connectivity index (χ0v) is 11.5. The number of piperazine rings is 1. The average molecular weight is 250 g/mol. The summed E-state index contributed by atoms with van der Waals surface area (Å²) < 4.78 is 13.9. The number of benzene rings is 1. The van der Waals surface area contributed by atoms with Gasteiger partial charge in [0.2, 0.25) is 0 Å². The monoisotopic (exact) mass is 250 g/mol. The highest BCUT2D eigenvalue weighted by Gasteiger charge is 2.28. The maximum absolute atomic E-state index is 13.9. The molecule has 18 heavy (non-hydrogen) atoms. The first kappa shape index (κ1) is 13.5. The molecule has 0 amide bonds. The van der Waals surface area contributed by atoms with Gasteiger partial charge in [-0.15, -0.1) is 0 Å². The molecule has 0 aromatic heterocycles. The van der Waals surface area contributed by atoms with E-state index in [1.165, 1.54) is 0 Å². The largest absolute Gasteiger partial charge is 0.309 e. The van der Waals surface area contributed by atoms with Crippen LogP contribution in [0.15, 0.2) is 24.3 Å². The molecule has 1 heterocycles. The van der Waals surface area contributed by atoms with Crippen molar-refractivity contribution >= 4 is 0 Å². The van der Waals surface area contributed by atoms with E-state index in [0.717, 1.165) is 25.1 Å². The minimum Gasteiger partial charge on any atom is -0.309 e. The molecule has 3 atom stereocenters. The number of rotatable bonds is 3. The summed E-state index contributed by atoms with van der Waals surface area (Å²) in [4.78, 5) is 2.41. The van der Waals surface area contributed by atoms with Crippen LogP contribution in [0, 0.1) is 5.82 Å². The summed E-state index contributed by atoms with van der Waals surface area (Å²) in [7, 11) is 0. The summed E-state index contributed by atoms with van der Waals surface area (Å²) >= 11 is 0. The summed E-state index contributed by atoms with van der Waals surface area (Å²) in [6.45, 7) is 8.48. The van der Waals surface area contributed by atoms with Crippen molar-refractivity contribution in [3.8, 4) is 0 Å². The van der Waals surface area contributed by atoms with E-state index in [0.29, 0.717) is 12.1 Å². The van der Waals surface area contributed by atoms with Gasteiger partial charge >= 0.3 is 0 Å². The van der Waals surface area contributed by atoms with Crippen LogP contribution in [0.1, 0.15) is 38.8 Å². The zero-order valence-electron chi connectivity index (χ0n) is 11.5. The number of nitrogens with one attached hydrogen (secondary N) is 1. The van der Waals surface area contributed by atoms with E-state index in [-0.39, 0.29) is 11.9 Å². The average Bonchev–Trinajstić information content (AvgIpc) is 2.31. The van der Waals surface area contributed by atoms with E-state index in [9.17, 15) is 4.39 Å². The van der Waals surface area contributed by atoms with Crippen molar-refractivity contribution in [3.05, 3.63) is 35.6 Å². The minimum atomic E-state index is -0.0804. The van der Waals surface area contributed by atoms with Gasteiger partial charge in [0.1, 0.15) is 5.82 Å². The lowest BCUT2D eigenvalue weighted by Gasteiger charge is -2.41. The van der Waals surface area contributed by atoms with Crippen LogP contribution in [-0.2, 0) is 0 Å². The number of halogens is 1. The summed E-state index contributed by atoms with van der Waals surface area (Å²) in [5, 5.41) is 3.52. The Morgan fingerprint density at radius 3 is 2.44 bits per heavy atom. The third-order valence-corrected chi connectivity index (χ3v) is 3.68. The van der Waals surface area contributed by atoms with Gasteiger partial charge in [-0.2, -0.15) is 0 Å². The predicted molar refractivity (Wildman–Crippen MR) is 73.1 cm³/mol. The van der Waals surface area contributed by atoms with Gasteiger partial charge in [0.05, 0.1) is 0 Å². The van der Waals surface area contributed by atoms with Crippen LogP contribution < -0.4 is 5.32 Å². The van der Waals surface area contributed by atoms with E-state index in [4.69, 9.17) is 0 Å². The van der Waals surface area contributed by atoms with Gasteiger partial charge in [-0.1, -0.05) is 25.1 Å². The fourth-order valence-electron chi connectivity index (χ4n) is 3.04. The van der Waals surface area contributed by atoms with Gasteiger partial charge < -0.3 is 5.32 Å². The second-order valence-electron chi connectivity index (χ2n) is 5.37. The fraction of sp³-hybridized carbons (Fsp3) is 0.600. The molecule has 2 nitrogen and oxygen atoms in total. The van der Waals surface area contributed by atoms with Crippen molar-refractivity contribution in [3.63, 3.8) is 0 Å². The standard InChI is InChI=1S/C15H23FN2/c1-4-15(13-7-5-6-8-14(13)16)18-9-11(2)17-12(3)10-18/h5-8,11-12,15,17H,4,9-10H2,1-3H3. The molecule has 0 radical (unpaired) electrons. The number of hydrogen-bond donors (Lipinski definition) is 1. The summed E-state index contributed by atoms with van der Waals surface area (Å²) in [6, 6.07) is 8.29. The van der Waals surface area contributed by atoms with Crippen LogP contribution in [0.5, 0.6) is 0 Å². The van der Waals surface area contributed by atoms with Gasteiger partial charge in [-0.25, -0.2) is 4.39 Å². The van der Waals surface area contributed by atoms with Gasteiger partial charge in [0.25, 0.3) is 0 Å². The Kier molecular flexibility index (Phi) is 4.36. The highest BCUT2D eigenvalue weighted by atomic mass is 19.1. The summed E-state index contributed by atoms with van der Waals surface area (Å²) in [5.41, 5.74) is 0.835. The summed E-state index contributed by atoms with van der Waals surface area (Å²) in [6.07, 6.45) is 0.945. The Labute approximate surface area is 109 Å². The van der Waals surface area contributed by atoms with Crippen LogP contribution in [0.2, 0.25) is 0 Å². The van der Waals surface area contributed by atoms with Gasteiger partial charge in [0.15, 0.2) is 0 Å². The molecule has 0 saturated carbocycles. The molecule has 2 rings (SSSR count). The van der Waals surface area contributed by atoms with Crippen molar-refractivity contribution < 1.29 is 4.39 Å². The van der Waals surface area contributed by atoms with E-state index in [1.807, 2.05) is 12.1 Å². The lowest BCUT2D eigenvalue weighted by molar-refractivity contribution is 0.117. The molecule has 3 heteroatoms. The third-order valence-electron chi connectivity index (χ3n) is 3.68. The molecule has 0 aliphatic carbocycles. The molecule has 1 saturated heterocycles. The van der Waals surface area contributed by atoms with E-state index in [1.54, 1.807) is 12.1 Å². The Hall–Kier alpha value is -0.930. The van der Waals surface area contributed by atoms with Crippen LogP contribution in [0.4, 0.5) is 4.39 Å². The fourth-order valence-corrected chi connectivity index (χ4v) is 3.04. The number of hydrogen-bond acceptors (Lipinski definition) is 2. The first-order chi connectivity index (χ1) is 8.61. The first-order valence-electron chi connectivity index (χ1n) is 6.86. The maximum Gasteiger partial charge on any atom is 0.127 e. The van der Waals surface area contributed by atoms with Crippen molar-refractivity contribution in [2.24, 2.45) is 0 Å². The smallest absolute Gasteiger partial charge is 0.127 e. The molecule has 1 aromatic carbocycles. The van der Waals surface area contributed by atoms with E-state index >= 15 is 0 Å². The molecular weight excluding hydrogens is 227 g/mol. The van der Waals surface area contributed by atoms with Crippen LogP contribution in [-0.4, -0.2) is 30.1 Å². The Bertz CT molecular complexity index is 384. The molecule has 1 aliphatic heterocycles. The maximum atomic E-state index is 13.9. The third kappa shape index (κ3) is 2.90. The molecule has 1 aliphatic rings. The topological polar surface area (TPSA) is 15.3 Å². The highest BCUT2D eigenvalue weighted by molar-refractivity contribution is 5.21. The van der Waals surface area contributed by atoms with Crippen molar-refractivity contribution in [2.45, 2.75) is 45.3 Å². The first-order valence-corrected chi connectivity index (χ1v) is 6.86. The van der Waals surface area contributed by atoms with Crippen molar-refractivity contribution in [1.29, 1.82) is 0 Å². The van der Waals surface area contributed by atoms with Crippen LogP contribution in [0.25, 0.3) is 0 Å². The van der Waals surface area contributed by atoms with Crippen molar-refractivity contribution in [1.82, 2.24) is 10.2 Å². The predicted octanol–water partition coefficient (Wildman–Crippen LogP) is 2.96. The highest BCUT2D eigenvalue weighted by Crippen LogP contribution is 2.27. The SMILES string of the molecule is CCC(c1ccccc1F)N1CC(C)NC(C)C1. The van der Waals surface area contributed by atoms with Crippen molar-refractivity contribution in [2.75, 3.05) is 13.1 Å². The van der Waals surface area contributed by atoms with Crippen LogP contribution in [0.3, 0.4) is 0 Å². The second-order valence-corrected chi connectivity index (χ2v) is 5.37. The zero-order chi connectivity index (χ0) is 13.1. The normalized spacial score (nSPS) is 27.1. The molecule has 0 bridgehead atoms. The Balaban J connectivity index is 2.20. The molecule has 100 valence electrons. The van der Waals surface area contributed by atoms with Gasteiger partial charge in [-0.3, -0.25) is 4.90 Å². The quantitative estimate of drug-likeness (QED) is 0.887. The van der Waals surface area contributed by atoms with Crippen LogP contribution >= 0.6 is 0 Å². The summed E-state index contributed by atoms with van der Waals surface area (Å²) in [5.74, 6) is -0.0804. The minimum absolute atomic E-state index is 0.0804.